The largest absolute Gasteiger partial charge is 0.497 e. The maximum Gasteiger partial charge on any atom is 0.178 e. The third-order valence-corrected chi connectivity index (χ3v) is 6.68. The van der Waals surface area contributed by atoms with Gasteiger partial charge in [0, 0.05) is 62.8 Å². The number of hydrogen-bond donors (Lipinski definition) is 0. The summed E-state index contributed by atoms with van der Waals surface area (Å²) in [7, 11) is 1.69. The zero-order valence-corrected chi connectivity index (χ0v) is 19.1. The normalized spacial score (nSPS) is 20.3. The second-order valence-corrected chi connectivity index (χ2v) is 8.85. The van der Waals surface area contributed by atoms with E-state index < -0.39 is 0 Å². The fraction of sp³-hybridized carbons (Fsp3) is 0.560. The van der Waals surface area contributed by atoms with E-state index in [4.69, 9.17) is 9.47 Å². The summed E-state index contributed by atoms with van der Waals surface area (Å²) >= 11 is 0. The molecule has 3 heterocycles. The lowest BCUT2D eigenvalue weighted by atomic mass is 10.1. The number of ketones is 1. The standard InChI is InChI=1S/C25H35N3O3/c1-19-15-24(20(2)28(19)17-23-5-4-14-31-23)25(29)18-27-12-10-26(11-13-27)16-21-6-8-22(30-3)9-7-21/h6-9,15,23H,4-5,10-14,16-18H2,1-3H3. The second kappa shape index (κ2) is 9.98. The van der Waals surface area contributed by atoms with Crippen molar-refractivity contribution >= 4 is 5.78 Å². The van der Waals surface area contributed by atoms with Crippen molar-refractivity contribution in [3.05, 3.63) is 52.8 Å². The quantitative estimate of drug-likeness (QED) is 0.608. The average molecular weight is 426 g/mol. The predicted octanol–water partition coefficient (Wildman–Crippen LogP) is 3.29. The zero-order chi connectivity index (χ0) is 21.8. The molecule has 168 valence electrons. The molecule has 1 aromatic carbocycles. The van der Waals surface area contributed by atoms with Crippen molar-refractivity contribution in [2.75, 3.05) is 46.4 Å². The number of carbonyl (C=O) groups is 1. The molecule has 6 heteroatoms. The fourth-order valence-corrected chi connectivity index (χ4v) is 4.74. The molecule has 0 N–H and O–H groups in total. The number of methoxy groups -OCH3 is 1. The molecule has 0 aliphatic carbocycles. The van der Waals surface area contributed by atoms with E-state index in [0.29, 0.717) is 6.54 Å². The molecule has 2 fully saturated rings. The van der Waals surface area contributed by atoms with Gasteiger partial charge in [0.25, 0.3) is 0 Å². The molecule has 2 aromatic rings. The molecule has 0 spiro atoms. The van der Waals surface area contributed by atoms with Crippen LogP contribution in [0.3, 0.4) is 0 Å². The number of rotatable bonds is 8. The minimum Gasteiger partial charge on any atom is -0.497 e. The monoisotopic (exact) mass is 425 g/mol. The van der Waals surface area contributed by atoms with Crippen LogP contribution in [0.2, 0.25) is 0 Å². The van der Waals surface area contributed by atoms with E-state index in [2.05, 4.69) is 46.4 Å². The number of carbonyl (C=O) groups excluding carboxylic acids is 1. The molecule has 2 aliphatic rings. The molecule has 1 atom stereocenters. The maximum atomic E-state index is 13.1. The van der Waals surface area contributed by atoms with E-state index in [9.17, 15) is 4.79 Å². The summed E-state index contributed by atoms with van der Waals surface area (Å²) in [6.07, 6.45) is 2.54. The van der Waals surface area contributed by atoms with Gasteiger partial charge in [0.1, 0.15) is 5.75 Å². The highest BCUT2D eigenvalue weighted by molar-refractivity contribution is 5.99. The van der Waals surface area contributed by atoms with Gasteiger partial charge in [-0.1, -0.05) is 12.1 Å². The van der Waals surface area contributed by atoms with E-state index in [1.807, 2.05) is 12.1 Å². The second-order valence-electron chi connectivity index (χ2n) is 8.85. The Morgan fingerprint density at radius 2 is 1.81 bits per heavy atom. The Kier molecular flexibility index (Phi) is 7.10. The minimum atomic E-state index is 0.232. The molecule has 6 nitrogen and oxygen atoms in total. The van der Waals surface area contributed by atoms with Gasteiger partial charge in [0.15, 0.2) is 5.78 Å². The Morgan fingerprint density at radius 3 is 2.45 bits per heavy atom. The van der Waals surface area contributed by atoms with Crippen molar-refractivity contribution in [1.29, 1.82) is 0 Å². The first-order valence-electron chi connectivity index (χ1n) is 11.4. The van der Waals surface area contributed by atoms with Crippen LogP contribution >= 0.6 is 0 Å². The SMILES string of the molecule is COc1ccc(CN2CCN(CC(=O)c3cc(C)n(CC4CCCO4)c3C)CC2)cc1. The van der Waals surface area contributed by atoms with Crippen molar-refractivity contribution in [2.45, 2.75) is 45.9 Å². The summed E-state index contributed by atoms with van der Waals surface area (Å²) in [4.78, 5) is 17.8. The summed E-state index contributed by atoms with van der Waals surface area (Å²) in [5.41, 5.74) is 4.40. The van der Waals surface area contributed by atoms with Crippen molar-refractivity contribution in [3.63, 3.8) is 0 Å². The Labute approximate surface area is 185 Å². The average Bonchev–Trinajstić information content (AvgIpc) is 3.39. The van der Waals surface area contributed by atoms with Crippen LogP contribution in [0.1, 0.15) is 40.2 Å². The van der Waals surface area contributed by atoms with Crippen LogP contribution < -0.4 is 4.74 Å². The van der Waals surface area contributed by atoms with Crippen LogP contribution in [0.25, 0.3) is 0 Å². The molecule has 1 aromatic heterocycles. The van der Waals surface area contributed by atoms with Crippen molar-refractivity contribution in [2.24, 2.45) is 0 Å². The topological polar surface area (TPSA) is 46.9 Å². The van der Waals surface area contributed by atoms with Crippen molar-refractivity contribution in [3.8, 4) is 5.75 Å². The number of aryl methyl sites for hydroxylation is 1. The number of Topliss-reactive ketones (excluding diaryl/α,β-unsaturated/α-hetero) is 1. The highest BCUT2D eigenvalue weighted by Gasteiger charge is 2.24. The lowest BCUT2D eigenvalue weighted by Gasteiger charge is -2.34. The van der Waals surface area contributed by atoms with Crippen molar-refractivity contribution in [1.82, 2.24) is 14.4 Å². The Hall–Kier alpha value is -2.15. The summed E-state index contributed by atoms with van der Waals surface area (Å²) < 4.78 is 13.3. The molecule has 2 aliphatic heterocycles. The molecular weight excluding hydrogens is 390 g/mol. The summed E-state index contributed by atoms with van der Waals surface area (Å²) in [6.45, 7) is 11.1. The maximum absolute atomic E-state index is 13.1. The number of benzene rings is 1. The smallest absolute Gasteiger partial charge is 0.178 e. The molecule has 0 radical (unpaired) electrons. The van der Waals surface area contributed by atoms with Gasteiger partial charge >= 0.3 is 0 Å². The Bertz CT molecular complexity index is 876. The summed E-state index contributed by atoms with van der Waals surface area (Å²) in [6, 6.07) is 10.3. The molecule has 1 unspecified atom stereocenters. The first-order chi connectivity index (χ1) is 15.0. The Balaban J connectivity index is 1.28. The molecule has 31 heavy (non-hydrogen) atoms. The molecule has 0 amide bonds. The number of nitrogens with zero attached hydrogens (tertiary/aromatic N) is 3. The summed E-state index contributed by atoms with van der Waals surface area (Å²) in [5.74, 6) is 1.12. The highest BCUT2D eigenvalue weighted by atomic mass is 16.5. The lowest BCUT2D eigenvalue weighted by Crippen LogP contribution is -2.47. The van der Waals surface area contributed by atoms with Crippen molar-refractivity contribution < 1.29 is 14.3 Å². The van der Waals surface area contributed by atoms with Crippen LogP contribution in [0.5, 0.6) is 5.75 Å². The Morgan fingerprint density at radius 1 is 1.10 bits per heavy atom. The van der Waals surface area contributed by atoms with Crippen LogP contribution in [0.15, 0.2) is 30.3 Å². The number of ether oxygens (including phenoxy) is 2. The molecule has 4 rings (SSSR count). The van der Waals surface area contributed by atoms with Crippen LogP contribution in [-0.4, -0.2) is 72.7 Å². The number of hydrogen-bond acceptors (Lipinski definition) is 5. The summed E-state index contributed by atoms with van der Waals surface area (Å²) in [5, 5.41) is 0. The minimum absolute atomic E-state index is 0.232. The third kappa shape index (κ3) is 5.37. The van der Waals surface area contributed by atoms with Gasteiger partial charge in [-0.3, -0.25) is 14.6 Å². The van der Waals surface area contributed by atoms with Gasteiger partial charge in [0.05, 0.1) is 19.8 Å². The molecule has 2 saturated heterocycles. The first kappa shape index (κ1) is 22.1. The molecule has 0 saturated carbocycles. The van der Waals surface area contributed by atoms with Gasteiger partial charge in [-0.15, -0.1) is 0 Å². The van der Waals surface area contributed by atoms with E-state index in [-0.39, 0.29) is 11.9 Å². The number of piperazine rings is 1. The molecule has 0 bridgehead atoms. The van der Waals surface area contributed by atoms with Crippen LogP contribution in [0.4, 0.5) is 0 Å². The highest BCUT2D eigenvalue weighted by Crippen LogP contribution is 2.21. The van der Waals surface area contributed by atoms with Crippen LogP contribution in [0, 0.1) is 13.8 Å². The fourth-order valence-electron chi connectivity index (χ4n) is 4.74. The van der Waals surface area contributed by atoms with Gasteiger partial charge in [0.2, 0.25) is 0 Å². The van der Waals surface area contributed by atoms with Gasteiger partial charge in [-0.05, 0) is 50.5 Å². The van der Waals surface area contributed by atoms with Gasteiger partial charge in [-0.25, -0.2) is 0 Å². The molecular formula is C25H35N3O3. The third-order valence-electron chi connectivity index (χ3n) is 6.68. The van der Waals surface area contributed by atoms with Gasteiger partial charge in [-0.2, -0.15) is 0 Å². The van der Waals surface area contributed by atoms with E-state index in [0.717, 1.165) is 81.4 Å². The zero-order valence-electron chi connectivity index (χ0n) is 19.1. The van der Waals surface area contributed by atoms with E-state index in [1.165, 1.54) is 5.56 Å². The van der Waals surface area contributed by atoms with E-state index >= 15 is 0 Å². The number of aromatic nitrogens is 1. The first-order valence-corrected chi connectivity index (χ1v) is 11.4. The lowest BCUT2D eigenvalue weighted by molar-refractivity contribution is 0.0841. The predicted molar refractivity (Wildman–Crippen MR) is 122 cm³/mol. The van der Waals surface area contributed by atoms with Gasteiger partial charge < -0.3 is 14.0 Å². The van der Waals surface area contributed by atoms with E-state index in [1.54, 1.807) is 7.11 Å². The van der Waals surface area contributed by atoms with Crippen LogP contribution in [-0.2, 0) is 17.8 Å².